The molecule has 3 aromatic carbocycles. The average molecular weight is 313 g/mol. The van der Waals surface area contributed by atoms with Gasteiger partial charge in [0.25, 0.3) is 0 Å². The molecule has 0 saturated carbocycles. The Bertz CT molecular complexity index is 958. The Labute approximate surface area is 141 Å². The van der Waals surface area contributed by atoms with Crippen molar-refractivity contribution in [2.24, 2.45) is 4.99 Å². The summed E-state index contributed by atoms with van der Waals surface area (Å²) in [5.74, 6) is 0.794. The lowest BCUT2D eigenvalue weighted by atomic mass is 9.83. The molecule has 0 spiro atoms. The summed E-state index contributed by atoms with van der Waals surface area (Å²) in [4.78, 5) is 4.90. The fraction of sp³-hybridized carbons (Fsp3) is 0.227. The third-order valence-corrected chi connectivity index (χ3v) is 5.19. The van der Waals surface area contributed by atoms with E-state index in [4.69, 9.17) is 9.73 Å². The maximum atomic E-state index is 6.37. The van der Waals surface area contributed by atoms with Crippen molar-refractivity contribution in [2.45, 2.75) is 31.9 Å². The van der Waals surface area contributed by atoms with E-state index < -0.39 is 0 Å². The van der Waals surface area contributed by atoms with Crippen LogP contribution in [0, 0.1) is 6.92 Å². The van der Waals surface area contributed by atoms with Crippen molar-refractivity contribution in [3.05, 3.63) is 82.9 Å². The Hall–Kier alpha value is -2.61. The third-order valence-electron chi connectivity index (χ3n) is 5.19. The van der Waals surface area contributed by atoms with E-state index in [1.807, 2.05) is 18.2 Å². The summed E-state index contributed by atoms with van der Waals surface area (Å²) in [6.07, 6.45) is 2.19. The highest BCUT2D eigenvalue weighted by Crippen LogP contribution is 2.42. The molecule has 0 fully saturated rings. The summed E-state index contributed by atoms with van der Waals surface area (Å²) < 4.78 is 6.37. The predicted octanol–water partition coefficient (Wildman–Crippen LogP) is 4.98. The molecule has 24 heavy (non-hydrogen) atoms. The minimum absolute atomic E-state index is 0.0513. The van der Waals surface area contributed by atoms with E-state index in [9.17, 15) is 0 Å². The number of hydrogen-bond acceptors (Lipinski definition) is 2. The zero-order chi connectivity index (χ0) is 16.1. The van der Waals surface area contributed by atoms with Gasteiger partial charge in [0.15, 0.2) is 0 Å². The van der Waals surface area contributed by atoms with Gasteiger partial charge in [0, 0.05) is 11.1 Å². The summed E-state index contributed by atoms with van der Waals surface area (Å²) >= 11 is 0. The lowest BCUT2D eigenvalue weighted by Gasteiger charge is -2.27. The molecule has 2 nitrogen and oxygen atoms in total. The van der Waals surface area contributed by atoms with Gasteiger partial charge in [-0.25, -0.2) is 4.99 Å². The van der Waals surface area contributed by atoms with Gasteiger partial charge in [-0.15, -0.1) is 0 Å². The van der Waals surface area contributed by atoms with Crippen LogP contribution in [0.1, 0.15) is 34.8 Å². The first-order chi connectivity index (χ1) is 11.8. The van der Waals surface area contributed by atoms with Gasteiger partial charge in [0.2, 0.25) is 5.90 Å². The summed E-state index contributed by atoms with van der Waals surface area (Å²) in [6, 6.07) is 21.7. The zero-order valence-corrected chi connectivity index (χ0v) is 13.7. The summed E-state index contributed by atoms with van der Waals surface area (Å²) in [5.41, 5.74) is 5.13. The number of benzene rings is 3. The van der Waals surface area contributed by atoms with E-state index in [1.165, 1.54) is 27.5 Å². The molecule has 0 bridgehead atoms. The third kappa shape index (κ3) is 2.06. The van der Waals surface area contributed by atoms with Gasteiger partial charge in [0.05, 0.1) is 6.04 Å². The van der Waals surface area contributed by atoms with Gasteiger partial charge in [0.1, 0.15) is 6.10 Å². The molecule has 2 atom stereocenters. The second kappa shape index (κ2) is 5.20. The Morgan fingerprint density at radius 3 is 2.75 bits per heavy atom. The molecule has 1 aliphatic carbocycles. The first-order valence-corrected chi connectivity index (χ1v) is 8.61. The number of nitrogens with zero attached hydrogens (tertiary/aromatic N) is 1. The van der Waals surface area contributed by atoms with Crippen LogP contribution < -0.4 is 0 Å². The molecule has 2 heteroatoms. The minimum Gasteiger partial charge on any atom is -0.467 e. The van der Waals surface area contributed by atoms with E-state index in [0.717, 1.165) is 24.3 Å². The normalized spacial score (nSPS) is 21.8. The second-order valence-electron chi connectivity index (χ2n) is 6.81. The second-order valence-corrected chi connectivity index (χ2v) is 6.81. The molecule has 118 valence electrons. The number of aliphatic imine (C=N–C) groups is 1. The lowest BCUT2D eigenvalue weighted by Crippen LogP contribution is -2.22. The molecule has 0 radical (unpaired) electrons. The van der Waals surface area contributed by atoms with Gasteiger partial charge < -0.3 is 4.74 Å². The molecule has 3 aromatic rings. The quantitative estimate of drug-likeness (QED) is 0.621. The number of ether oxygens (including phenoxy) is 1. The summed E-state index contributed by atoms with van der Waals surface area (Å²) in [5, 5.41) is 2.61. The number of rotatable bonds is 1. The standard InChI is InChI=1S/C22H19NO/c1-14-7-11-18-17(13-14)9-8-15-10-12-19-21(20(15)18)24-22(23-19)16-5-3-2-4-6-16/h2-9,11,13,19,21H,10,12H2,1H3. The van der Waals surface area contributed by atoms with E-state index >= 15 is 0 Å². The predicted molar refractivity (Wildman–Crippen MR) is 97.6 cm³/mol. The molecule has 2 unspecified atom stereocenters. The van der Waals surface area contributed by atoms with Gasteiger partial charge in [-0.1, -0.05) is 54.1 Å². The molecular weight excluding hydrogens is 294 g/mol. The van der Waals surface area contributed by atoms with Crippen LogP contribution in [0.3, 0.4) is 0 Å². The molecular formula is C22H19NO. The number of aryl methyl sites for hydroxylation is 2. The topological polar surface area (TPSA) is 21.6 Å². The van der Waals surface area contributed by atoms with Crippen molar-refractivity contribution in [1.29, 1.82) is 0 Å². The largest absolute Gasteiger partial charge is 0.467 e. The molecule has 0 amide bonds. The van der Waals surface area contributed by atoms with E-state index in [2.05, 4.69) is 49.4 Å². The maximum absolute atomic E-state index is 6.37. The van der Waals surface area contributed by atoms with Crippen LogP contribution in [-0.2, 0) is 11.2 Å². The Morgan fingerprint density at radius 1 is 1.00 bits per heavy atom. The van der Waals surface area contributed by atoms with Crippen LogP contribution in [0.4, 0.5) is 0 Å². The Balaban J connectivity index is 1.62. The average Bonchev–Trinajstić information content (AvgIpc) is 3.06. The van der Waals surface area contributed by atoms with Crippen molar-refractivity contribution in [1.82, 2.24) is 0 Å². The zero-order valence-electron chi connectivity index (χ0n) is 13.7. The van der Waals surface area contributed by atoms with E-state index in [0.29, 0.717) is 0 Å². The SMILES string of the molecule is Cc1ccc2c3c(ccc2c1)CCC1N=C(c2ccccc2)OC31. The summed E-state index contributed by atoms with van der Waals surface area (Å²) in [6.45, 7) is 2.14. The first-order valence-electron chi connectivity index (χ1n) is 8.61. The van der Waals surface area contributed by atoms with Gasteiger partial charge in [-0.2, -0.15) is 0 Å². The molecule has 2 aliphatic rings. The first kappa shape index (κ1) is 13.8. The molecule has 0 N–H and O–H groups in total. The van der Waals surface area contributed by atoms with Crippen LogP contribution in [0.15, 0.2) is 65.7 Å². The highest BCUT2D eigenvalue weighted by molar-refractivity contribution is 5.96. The summed E-state index contributed by atoms with van der Waals surface area (Å²) in [7, 11) is 0. The van der Waals surface area contributed by atoms with Gasteiger partial charge >= 0.3 is 0 Å². The van der Waals surface area contributed by atoms with Crippen molar-refractivity contribution < 1.29 is 4.74 Å². The smallest absolute Gasteiger partial charge is 0.217 e. The molecule has 0 saturated heterocycles. The lowest BCUT2D eigenvalue weighted by molar-refractivity contribution is 0.184. The molecule has 5 rings (SSSR count). The Morgan fingerprint density at radius 2 is 1.88 bits per heavy atom. The monoisotopic (exact) mass is 313 g/mol. The highest BCUT2D eigenvalue weighted by Gasteiger charge is 2.38. The van der Waals surface area contributed by atoms with Crippen LogP contribution in [0.25, 0.3) is 10.8 Å². The fourth-order valence-electron chi connectivity index (χ4n) is 4.01. The van der Waals surface area contributed by atoms with E-state index in [1.54, 1.807) is 0 Å². The minimum atomic E-state index is 0.0513. The van der Waals surface area contributed by atoms with Crippen molar-refractivity contribution in [3.63, 3.8) is 0 Å². The number of hydrogen-bond donors (Lipinski definition) is 0. The van der Waals surface area contributed by atoms with Crippen LogP contribution in [0.5, 0.6) is 0 Å². The molecule has 1 aliphatic heterocycles. The van der Waals surface area contributed by atoms with Gasteiger partial charge in [-0.05, 0) is 48.2 Å². The van der Waals surface area contributed by atoms with Crippen LogP contribution >= 0.6 is 0 Å². The molecule has 0 aromatic heterocycles. The van der Waals surface area contributed by atoms with E-state index in [-0.39, 0.29) is 12.1 Å². The van der Waals surface area contributed by atoms with Crippen molar-refractivity contribution in [2.75, 3.05) is 0 Å². The van der Waals surface area contributed by atoms with Gasteiger partial charge in [-0.3, -0.25) is 0 Å². The van der Waals surface area contributed by atoms with Crippen LogP contribution in [0.2, 0.25) is 0 Å². The maximum Gasteiger partial charge on any atom is 0.217 e. The molecule has 1 heterocycles. The van der Waals surface area contributed by atoms with Crippen molar-refractivity contribution >= 4 is 16.7 Å². The Kier molecular flexibility index (Phi) is 2.99. The van der Waals surface area contributed by atoms with Crippen LogP contribution in [-0.4, -0.2) is 11.9 Å². The number of fused-ring (bicyclic) bond motifs is 5. The fourth-order valence-corrected chi connectivity index (χ4v) is 4.01. The highest BCUT2D eigenvalue weighted by atomic mass is 16.5. The van der Waals surface area contributed by atoms with Crippen molar-refractivity contribution in [3.8, 4) is 0 Å².